The molecule has 1 aliphatic rings. The van der Waals surface area contributed by atoms with Gasteiger partial charge in [0.25, 0.3) is 0 Å². The SMILES string of the molecule is C[C@H]1C[C@H](NCc2cn(C)c3ccccc3c2=O)CN(c2cccnc2)C1. The fraction of sp³-hybridized carbons (Fsp3) is 0.364. The minimum atomic E-state index is 0.129. The Morgan fingerprint density at radius 1 is 1.19 bits per heavy atom. The van der Waals surface area contributed by atoms with E-state index >= 15 is 0 Å². The number of fused-ring (bicyclic) bond motifs is 1. The van der Waals surface area contributed by atoms with Gasteiger partial charge in [-0.2, -0.15) is 0 Å². The first-order chi connectivity index (χ1) is 13.1. The lowest BCUT2D eigenvalue weighted by Crippen LogP contribution is -2.49. The van der Waals surface area contributed by atoms with E-state index in [2.05, 4.69) is 28.2 Å². The summed E-state index contributed by atoms with van der Waals surface area (Å²) in [5.41, 5.74) is 3.09. The molecule has 1 saturated heterocycles. The second-order valence-corrected chi connectivity index (χ2v) is 7.65. The average molecular weight is 362 g/mol. The third-order valence-corrected chi connectivity index (χ3v) is 5.42. The van der Waals surface area contributed by atoms with Crippen LogP contribution in [0, 0.1) is 5.92 Å². The average Bonchev–Trinajstić information content (AvgIpc) is 2.70. The summed E-state index contributed by atoms with van der Waals surface area (Å²) in [7, 11) is 2.00. The molecule has 0 radical (unpaired) electrons. The summed E-state index contributed by atoms with van der Waals surface area (Å²) in [6.45, 7) is 4.85. The maximum absolute atomic E-state index is 12.8. The molecule has 0 saturated carbocycles. The van der Waals surface area contributed by atoms with Crippen LogP contribution in [0.4, 0.5) is 5.69 Å². The van der Waals surface area contributed by atoms with Gasteiger partial charge in [-0.3, -0.25) is 9.78 Å². The highest BCUT2D eigenvalue weighted by atomic mass is 16.1. The van der Waals surface area contributed by atoms with Crippen molar-refractivity contribution in [1.82, 2.24) is 14.9 Å². The molecular weight excluding hydrogens is 336 g/mol. The monoisotopic (exact) mass is 362 g/mol. The van der Waals surface area contributed by atoms with Gasteiger partial charge in [-0.15, -0.1) is 0 Å². The Morgan fingerprint density at radius 2 is 2.04 bits per heavy atom. The Kier molecular flexibility index (Phi) is 4.94. The van der Waals surface area contributed by atoms with Gasteiger partial charge in [0.1, 0.15) is 0 Å². The van der Waals surface area contributed by atoms with E-state index in [-0.39, 0.29) is 5.43 Å². The zero-order chi connectivity index (χ0) is 18.8. The standard InChI is InChI=1S/C22H26N4O/c1-16-10-18(15-26(13-16)19-6-5-9-23-12-19)24-11-17-14-25(2)21-8-4-3-7-20(21)22(17)27/h3-9,12,14,16,18,24H,10-11,13,15H2,1-2H3/t16-,18-/m0/s1. The van der Waals surface area contributed by atoms with Gasteiger partial charge in [-0.25, -0.2) is 0 Å². The number of anilines is 1. The van der Waals surface area contributed by atoms with E-state index < -0.39 is 0 Å². The van der Waals surface area contributed by atoms with Gasteiger partial charge in [-0.1, -0.05) is 19.1 Å². The third kappa shape index (κ3) is 3.74. The van der Waals surface area contributed by atoms with Gasteiger partial charge in [0.15, 0.2) is 5.43 Å². The van der Waals surface area contributed by atoms with E-state index in [1.165, 1.54) is 0 Å². The van der Waals surface area contributed by atoms with Crippen LogP contribution in [-0.4, -0.2) is 28.7 Å². The number of rotatable bonds is 4. The highest BCUT2D eigenvalue weighted by molar-refractivity contribution is 5.79. The molecule has 3 heterocycles. The summed E-state index contributed by atoms with van der Waals surface area (Å²) in [4.78, 5) is 19.5. The van der Waals surface area contributed by atoms with Gasteiger partial charge in [-0.05, 0) is 36.6 Å². The molecule has 1 aromatic carbocycles. The van der Waals surface area contributed by atoms with Crippen LogP contribution in [-0.2, 0) is 13.6 Å². The zero-order valence-corrected chi connectivity index (χ0v) is 15.9. The number of hydrogen-bond acceptors (Lipinski definition) is 4. The Hall–Kier alpha value is -2.66. The van der Waals surface area contributed by atoms with Gasteiger partial charge in [0.05, 0.1) is 17.4 Å². The second kappa shape index (κ2) is 7.53. The number of nitrogens with zero attached hydrogens (tertiary/aromatic N) is 3. The van der Waals surface area contributed by atoms with E-state index in [1.807, 2.05) is 60.5 Å². The van der Waals surface area contributed by atoms with Crippen molar-refractivity contribution in [1.29, 1.82) is 0 Å². The molecule has 0 bridgehead atoms. The Bertz CT molecular complexity index is 983. The number of para-hydroxylation sites is 1. The predicted molar refractivity (Wildman–Crippen MR) is 110 cm³/mol. The fourth-order valence-electron chi connectivity index (χ4n) is 4.14. The highest BCUT2D eigenvalue weighted by Crippen LogP contribution is 2.22. The lowest BCUT2D eigenvalue weighted by molar-refractivity contribution is 0.349. The lowest BCUT2D eigenvalue weighted by Gasteiger charge is -2.38. The van der Waals surface area contributed by atoms with Crippen LogP contribution in [0.1, 0.15) is 18.9 Å². The van der Waals surface area contributed by atoms with Crippen molar-refractivity contribution in [3.63, 3.8) is 0 Å². The minimum Gasteiger partial charge on any atom is -0.368 e. The van der Waals surface area contributed by atoms with Crippen molar-refractivity contribution in [3.05, 3.63) is 70.8 Å². The number of pyridine rings is 2. The summed E-state index contributed by atoms with van der Waals surface area (Å²) in [5, 5.41) is 4.41. The molecular formula is C22H26N4O. The Balaban J connectivity index is 1.51. The lowest BCUT2D eigenvalue weighted by atomic mass is 9.95. The maximum Gasteiger partial charge on any atom is 0.193 e. The third-order valence-electron chi connectivity index (χ3n) is 5.42. The quantitative estimate of drug-likeness (QED) is 0.775. The Labute approximate surface area is 159 Å². The largest absolute Gasteiger partial charge is 0.368 e. The van der Waals surface area contributed by atoms with Crippen molar-refractivity contribution >= 4 is 16.6 Å². The first-order valence-electron chi connectivity index (χ1n) is 9.57. The molecule has 2 atom stereocenters. The summed E-state index contributed by atoms with van der Waals surface area (Å²) >= 11 is 0. The van der Waals surface area contributed by atoms with E-state index in [4.69, 9.17) is 0 Å². The van der Waals surface area contributed by atoms with E-state index in [0.29, 0.717) is 18.5 Å². The van der Waals surface area contributed by atoms with Crippen molar-refractivity contribution in [2.24, 2.45) is 13.0 Å². The summed E-state index contributed by atoms with van der Waals surface area (Å²) in [6.07, 6.45) is 6.81. The van der Waals surface area contributed by atoms with Crippen LogP contribution in [0.3, 0.4) is 0 Å². The molecule has 0 unspecified atom stereocenters. The molecule has 2 aromatic heterocycles. The number of nitrogens with one attached hydrogen (secondary N) is 1. The van der Waals surface area contributed by atoms with Crippen LogP contribution >= 0.6 is 0 Å². The van der Waals surface area contributed by atoms with Crippen LogP contribution in [0.2, 0.25) is 0 Å². The fourth-order valence-corrected chi connectivity index (χ4v) is 4.14. The molecule has 0 aliphatic carbocycles. The van der Waals surface area contributed by atoms with Gasteiger partial charge in [0.2, 0.25) is 0 Å². The summed E-state index contributed by atoms with van der Waals surface area (Å²) in [6, 6.07) is 12.2. The first kappa shape index (κ1) is 17.7. The smallest absolute Gasteiger partial charge is 0.193 e. The molecule has 4 rings (SSSR count). The molecule has 1 fully saturated rings. The maximum atomic E-state index is 12.8. The molecule has 0 amide bonds. The van der Waals surface area contributed by atoms with Crippen molar-refractivity contribution in [2.75, 3.05) is 18.0 Å². The minimum absolute atomic E-state index is 0.129. The zero-order valence-electron chi connectivity index (χ0n) is 15.9. The highest BCUT2D eigenvalue weighted by Gasteiger charge is 2.25. The number of aryl methyl sites for hydroxylation is 1. The van der Waals surface area contributed by atoms with E-state index in [0.717, 1.165) is 41.7 Å². The van der Waals surface area contributed by atoms with Crippen molar-refractivity contribution in [2.45, 2.75) is 25.9 Å². The molecule has 140 valence electrons. The number of hydrogen-bond donors (Lipinski definition) is 1. The predicted octanol–water partition coefficient (Wildman–Crippen LogP) is 2.94. The van der Waals surface area contributed by atoms with E-state index in [1.54, 1.807) is 0 Å². The summed E-state index contributed by atoms with van der Waals surface area (Å²) < 4.78 is 2.04. The molecule has 27 heavy (non-hydrogen) atoms. The topological polar surface area (TPSA) is 50.2 Å². The molecule has 5 nitrogen and oxygen atoms in total. The van der Waals surface area contributed by atoms with Crippen LogP contribution in [0.15, 0.2) is 59.8 Å². The van der Waals surface area contributed by atoms with Gasteiger partial charge >= 0.3 is 0 Å². The number of piperidine rings is 1. The molecule has 1 N–H and O–H groups in total. The van der Waals surface area contributed by atoms with E-state index in [9.17, 15) is 4.79 Å². The molecule has 3 aromatic rings. The van der Waals surface area contributed by atoms with Crippen LogP contribution in [0.5, 0.6) is 0 Å². The van der Waals surface area contributed by atoms with Crippen molar-refractivity contribution < 1.29 is 0 Å². The Morgan fingerprint density at radius 3 is 2.85 bits per heavy atom. The van der Waals surface area contributed by atoms with Gasteiger partial charge in [0, 0.05) is 56.1 Å². The second-order valence-electron chi connectivity index (χ2n) is 7.65. The normalized spacial score (nSPS) is 20.1. The van der Waals surface area contributed by atoms with Gasteiger partial charge < -0.3 is 14.8 Å². The number of aromatic nitrogens is 2. The summed E-state index contributed by atoms with van der Waals surface area (Å²) in [5.74, 6) is 0.593. The molecule has 5 heteroatoms. The first-order valence-corrected chi connectivity index (χ1v) is 9.57. The van der Waals surface area contributed by atoms with Crippen molar-refractivity contribution in [3.8, 4) is 0 Å². The molecule has 0 spiro atoms. The molecule has 1 aliphatic heterocycles. The van der Waals surface area contributed by atoms with Crippen LogP contribution < -0.4 is 15.6 Å². The van der Waals surface area contributed by atoms with Crippen LogP contribution in [0.25, 0.3) is 10.9 Å². The number of benzene rings is 1.